The molecule has 0 spiro atoms. The van der Waals surface area contributed by atoms with Crippen molar-refractivity contribution in [2.24, 2.45) is 7.05 Å². The number of ether oxygens (including phenoxy) is 1. The van der Waals surface area contributed by atoms with Crippen molar-refractivity contribution in [1.82, 2.24) is 24.5 Å². The van der Waals surface area contributed by atoms with Crippen molar-refractivity contribution in [3.8, 4) is 5.69 Å². The van der Waals surface area contributed by atoms with Crippen molar-refractivity contribution >= 4 is 17.7 Å². The maximum atomic E-state index is 5.41. The number of benzene rings is 1. The van der Waals surface area contributed by atoms with Crippen molar-refractivity contribution in [3.63, 3.8) is 0 Å². The third-order valence-corrected chi connectivity index (χ3v) is 5.76. The molecule has 2 aromatic heterocycles. The molecule has 1 saturated heterocycles. The SMILES string of the molecule is Cc1cc(C)n(-c2ccc(CSc3nnc(N4CCOCC4)n3C)cc2)n1. The molecular weight excluding hydrogens is 360 g/mol. The Balaban J connectivity index is 1.42. The van der Waals surface area contributed by atoms with Crippen LogP contribution in [0, 0.1) is 13.8 Å². The number of anilines is 1. The molecule has 1 aliphatic rings. The van der Waals surface area contributed by atoms with Gasteiger partial charge in [-0.1, -0.05) is 23.9 Å². The summed E-state index contributed by atoms with van der Waals surface area (Å²) in [6, 6.07) is 10.6. The van der Waals surface area contributed by atoms with Crippen LogP contribution < -0.4 is 4.90 Å². The molecule has 0 bridgehead atoms. The van der Waals surface area contributed by atoms with Crippen molar-refractivity contribution in [1.29, 1.82) is 0 Å². The van der Waals surface area contributed by atoms with Crippen LogP contribution >= 0.6 is 11.8 Å². The zero-order chi connectivity index (χ0) is 18.8. The van der Waals surface area contributed by atoms with Gasteiger partial charge in [0.05, 0.1) is 24.6 Å². The molecular formula is C19H24N6OS. The van der Waals surface area contributed by atoms with Gasteiger partial charge in [0.2, 0.25) is 5.95 Å². The van der Waals surface area contributed by atoms with Crippen LogP contribution in [0.1, 0.15) is 17.0 Å². The molecule has 0 atom stereocenters. The molecule has 3 aromatic rings. The molecule has 142 valence electrons. The normalized spacial score (nSPS) is 14.7. The van der Waals surface area contributed by atoms with Crippen LogP contribution in [0.2, 0.25) is 0 Å². The lowest BCUT2D eigenvalue weighted by atomic mass is 10.2. The van der Waals surface area contributed by atoms with E-state index in [1.807, 2.05) is 18.7 Å². The Morgan fingerprint density at radius 1 is 1.07 bits per heavy atom. The van der Waals surface area contributed by atoms with Gasteiger partial charge in [0.15, 0.2) is 5.16 Å². The van der Waals surface area contributed by atoms with E-state index in [2.05, 4.69) is 62.0 Å². The van der Waals surface area contributed by atoms with Crippen LogP contribution in [0.5, 0.6) is 0 Å². The lowest BCUT2D eigenvalue weighted by molar-refractivity contribution is 0.121. The van der Waals surface area contributed by atoms with Crippen molar-refractivity contribution in [2.45, 2.75) is 24.8 Å². The topological polar surface area (TPSA) is 61.0 Å². The Morgan fingerprint density at radius 2 is 1.81 bits per heavy atom. The molecule has 27 heavy (non-hydrogen) atoms. The fraction of sp³-hybridized carbons (Fsp3) is 0.421. The van der Waals surface area contributed by atoms with Gasteiger partial charge in [-0.05, 0) is 37.6 Å². The molecule has 1 fully saturated rings. The Bertz CT molecular complexity index is 911. The van der Waals surface area contributed by atoms with Gasteiger partial charge in [0.1, 0.15) is 0 Å². The minimum absolute atomic E-state index is 0.747. The summed E-state index contributed by atoms with van der Waals surface area (Å²) in [5.74, 6) is 1.77. The van der Waals surface area contributed by atoms with Gasteiger partial charge in [0.25, 0.3) is 0 Å². The van der Waals surface area contributed by atoms with E-state index in [1.54, 1.807) is 11.8 Å². The van der Waals surface area contributed by atoms with Gasteiger partial charge in [0, 0.05) is 31.6 Å². The summed E-state index contributed by atoms with van der Waals surface area (Å²) in [6.07, 6.45) is 0. The highest BCUT2D eigenvalue weighted by Crippen LogP contribution is 2.25. The van der Waals surface area contributed by atoms with Crippen LogP contribution in [-0.4, -0.2) is 50.8 Å². The predicted octanol–water partition coefficient (Wildman–Crippen LogP) is 2.75. The van der Waals surface area contributed by atoms with Crippen molar-refractivity contribution in [3.05, 3.63) is 47.3 Å². The Labute approximate surface area is 163 Å². The summed E-state index contributed by atoms with van der Waals surface area (Å²) >= 11 is 1.70. The van der Waals surface area contributed by atoms with Gasteiger partial charge in [-0.3, -0.25) is 4.57 Å². The molecule has 7 nitrogen and oxygen atoms in total. The molecule has 0 aliphatic carbocycles. The predicted molar refractivity (Wildman–Crippen MR) is 107 cm³/mol. The minimum Gasteiger partial charge on any atom is -0.378 e. The van der Waals surface area contributed by atoms with E-state index in [0.717, 1.165) is 60.2 Å². The number of aromatic nitrogens is 5. The molecule has 8 heteroatoms. The molecule has 0 amide bonds. The van der Waals surface area contributed by atoms with Gasteiger partial charge in [-0.25, -0.2) is 4.68 Å². The lowest BCUT2D eigenvalue weighted by Crippen LogP contribution is -2.37. The van der Waals surface area contributed by atoms with E-state index in [-0.39, 0.29) is 0 Å². The first kappa shape index (κ1) is 18.1. The van der Waals surface area contributed by atoms with Crippen molar-refractivity contribution < 1.29 is 4.74 Å². The summed E-state index contributed by atoms with van der Waals surface area (Å²) in [5.41, 5.74) is 4.51. The van der Waals surface area contributed by atoms with Crippen LogP contribution in [0.3, 0.4) is 0 Å². The van der Waals surface area contributed by atoms with Crippen LogP contribution in [0.25, 0.3) is 5.69 Å². The number of nitrogens with zero attached hydrogens (tertiary/aromatic N) is 6. The summed E-state index contributed by atoms with van der Waals surface area (Å²) in [6.45, 7) is 7.31. The number of hydrogen-bond acceptors (Lipinski definition) is 6. The third-order valence-electron chi connectivity index (χ3n) is 4.66. The van der Waals surface area contributed by atoms with Crippen LogP contribution in [-0.2, 0) is 17.5 Å². The number of rotatable bonds is 5. The second-order valence-corrected chi connectivity index (χ2v) is 7.68. The van der Waals surface area contributed by atoms with E-state index < -0.39 is 0 Å². The second-order valence-electron chi connectivity index (χ2n) is 6.74. The van der Waals surface area contributed by atoms with E-state index >= 15 is 0 Å². The fourth-order valence-corrected chi connectivity index (χ4v) is 4.11. The largest absolute Gasteiger partial charge is 0.378 e. The molecule has 0 saturated carbocycles. The van der Waals surface area contributed by atoms with E-state index in [9.17, 15) is 0 Å². The average molecular weight is 385 g/mol. The van der Waals surface area contributed by atoms with E-state index in [0.29, 0.717) is 0 Å². The minimum atomic E-state index is 0.747. The zero-order valence-electron chi connectivity index (χ0n) is 15.9. The number of hydrogen-bond donors (Lipinski definition) is 0. The van der Waals surface area contributed by atoms with Crippen LogP contribution in [0.15, 0.2) is 35.5 Å². The first-order chi connectivity index (χ1) is 13.1. The average Bonchev–Trinajstić information content (AvgIpc) is 3.22. The van der Waals surface area contributed by atoms with Gasteiger partial charge in [-0.15, -0.1) is 10.2 Å². The summed E-state index contributed by atoms with van der Waals surface area (Å²) in [4.78, 5) is 2.23. The Morgan fingerprint density at radius 3 is 2.48 bits per heavy atom. The molecule has 0 unspecified atom stereocenters. The van der Waals surface area contributed by atoms with Gasteiger partial charge >= 0.3 is 0 Å². The molecule has 0 radical (unpaired) electrons. The van der Waals surface area contributed by atoms with E-state index in [1.165, 1.54) is 5.56 Å². The summed E-state index contributed by atoms with van der Waals surface area (Å²) in [7, 11) is 2.03. The fourth-order valence-electron chi connectivity index (χ4n) is 3.24. The highest BCUT2D eigenvalue weighted by molar-refractivity contribution is 7.98. The number of thioether (sulfide) groups is 1. The first-order valence-corrected chi connectivity index (χ1v) is 10.1. The molecule has 4 rings (SSSR count). The molecule has 1 aromatic carbocycles. The van der Waals surface area contributed by atoms with Gasteiger partial charge < -0.3 is 9.64 Å². The van der Waals surface area contributed by atoms with E-state index in [4.69, 9.17) is 4.74 Å². The van der Waals surface area contributed by atoms with Gasteiger partial charge in [-0.2, -0.15) is 5.10 Å². The second kappa shape index (κ2) is 7.74. The molecule has 0 N–H and O–H groups in total. The monoisotopic (exact) mass is 384 g/mol. The Kier molecular flexibility index (Phi) is 5.18. The number of aryl methyl sites for hydroxylation is 2. The third kappa shape index (κ3) is 3.86. The quantitative estimate of drug-likeness (QED) is 0.631. The van der Waals surface area contributed by atoms with Crippen molar-refractivity contribution in [2.75, 3.05) is 31.2 Å². The lowest BCUT2D eigenvalue weighted by Gasteiger charge is -2.27. The smallest absolute Gasteiger partial charge is 0.227 e. The summed E-state index contributed by atoms with van der Waals surface area (Å²) in [5, 5.41) is 14.2. The Hall–Kier alpha value is -2.32. The maximum Gasteiger partial charge on any atom is 0.227 e. The maximum absolute atomic E-state index is 5.41. The highest BCUT2D eigenvalue weighted by Gasteiger charge is 2.18. The highest BCUT2D eigenvalue weighted by atomic mass is 32.2. The first-order valence-electron chi connectivity index (χ1n) is 9.09. The molecule has 3 heterocycles. The molecule has 1 aliphatic heterocycles. The number of morpholine rings is 1. The summed E-state index contributed by atoms with van der Waals surface area (Å²) < 4.78 is 9.46. The van der Waals surface area contributed by atoms with Crippen LogP contribution in [0.4, 0.5) is 5.95 Å². The zero-order valence-corrected chi connectivity index (χ0v) is 16.7. The standard InChI is InChI=1S/C19H24N6OS/c1-14-12-15(2)25(22-14)17-6-4-16(5-7-17)13-27-19-21-20-18(23(19)3)24-8-10-26-11-9-24/h4-7,12H,8-11,13H2,1-3H3.